The molecule has 162 valence electrons. The number of amides is 1. The number of nitrogens with one attached hydrogen (secondary N) is 1. The summed E-state index contributed by atoms with van der Waals surface area (Å²) in [6, 6.07) is 9.95. The molecule has 1 amide bonds. The fourth-order valence-corrected chi connectivity index (χ4v) is 5.41. The minimum absolute atomic E-state index is 0.0262. The second kappa shape index (κ2) is 9.89. The van der Waals surface area contributed by atoms with Crippen LogP contribution in [0.15, 0.2) is 35.1 Å². The molecular formula is C21H28N4O3S2. The third-order valence-electron chi connectivity index (χ3n) is 5.43. The van der Waals surface area contributed by atoms with Crippen LogP contribution in [0.4, 0.5) is 10.5 Å². The maximum Gasteiger partial charge on any atom is 0.295 e. The van der Waals surface area contributed by atoms with Gasteiger partial charge < -0.3 is 5.32 Å². The average Bonchev–Trinajstić information content (AvgIpc) is 2.93. The fraction of sp³-hybridized carbons (Fsp3) is 0.476. The van der Waals surface area contributed by atoms with Crippen molar-refractivity contribution in [3.63, 3.8) is 0 Å². The number of hydrogen-bond acceptors (Lipinski definition) is 6. The van der Waals surface area contributed by atoms with Crippen molar-refractivity contribution in [3.05, 3.63) is 46.4 Å². The minimum atomic E-state index is -0.361. The van der Waals surface area contributed by atoms with E-state index in [1.165, 1.54) is 23.1 Å². The molecule has 1 saturated heterocycles. The Kier molecular flexibility index (Phi) is 7.49. The molecule has 30 heavy (non-hydrogen) atoms. The molecular weight excluding hydrogens is 420 g/mol. The zero-order chi connectivity index (χ0) is 21.8. The van der Waals surface area contributed by atoms with Crippen molar-refractivity contribution < 1.29 is 9.59 Å². The summed E-state index contributed by atoms with van der Waals surface area (Å²) >= 11 is 2.18. The normalized spacial score (nSPS) is 19.6. The highest BCUT2D eigenvalue weighted by molar-refractivity contribution is 8.37. The van der Waals surface area contributed by atoms with Gasteiger partial charge in [-0.15, -0.1) is 0 Å². The van der Waals surface area contributed by atoms with Gasteiger partial charge in [0.2, 0.25) is 5.91 Å². The lowest BCUT2D eigenvalue weighted by Crippen LogP contribution is -2.39. The van der Waals surface area contributed by atoms with Crippen molar-refractivity contribution in [1.29, 1.82) is 0 Å². The van der Waals surface area contributed by atoms with Crippen molar-refractivity contribution in [2.45, 2.75) is 52.1 Å². The third kappa shape index (κ3) is 5.01. The molecule has 0 radical (unpaired) electrons. The number of para-hydroxylation sites is 1. The highest BCUT2D eigenvalue weighted by atomic mass is 32.2. The van der Waals surface area contributed by atoms with Crippen LogP contribution in [-0.4, -0.2) is 41.9 Å². The van der Waals surface area contributed by atoms with Gasteiger partial charge in [-0.1, -0.05) is 36.4 Å². The van der Waals surface area contributed by atoms with Gasteiger partial charge in [-0.25, -0.2) is 8.99 Å². The minimum Gasteiger partial charge on any atom is -0.319 e. The van der Waals surface area contributed by atoms with E-state index in [2.05, 4.69) is 23.5 Å². The Hall–Kier alpha value is -1.97. The molecule has 1 aromatic carbocycles. The summed E-state index contributed by atoms with van der Waals surface area (Å²) in [6.45, 7) is 6.04. The van der Waals surface area contributed by atoms with E-state index in [0.29, 0.717) is 17.8 Å². The van der Waals surface area contributed by atoms with Crippen LogP contribution in [0.5, 0.6) is 0 Å². The predicted octanol–water partition coefficient (Wildman–Crippen LogP) is 4.19. The molecule has 2 atom stereocenters. The Bertz CT molecular complexity index is 961. The van der Waals surface area contributed by atoms with Gasteiger partial charge in [0.15, 0.2) is 0 Å². The van der Waals surface area contributed by atoms with Gasteiger partial charge in [0.05, 0.1) is 17.1 Å². The summed E-state index contributed by atoms with van der Waals surface area (Å²) < 4.78 is 5.26. The second-order valence-electron chi connectivity index (χ2n) is 7.60. The average molecular weight is 449 g/mol. The van der Waals surface area contributed by atoms with E-state index in [0.717, 1.165) is 30.3 Å². The van der Waals surface area contributed by atoms with E-state index in [9.17, 15) is 14.4 Å². The molecule has 1 aliphatic rings. The largest absolute Gasteiger partial charge is 0.319 e. The second-order valence-corrected chi connectivity index (χ2v) is 9.79. The van der Waals surface area contributed by atoms with Crippen molar-refractivity contribution in [3.8, 4) is 5.69 Å². The molecule has 2 heterocycles. The van der Waals surface area contributed by atoms with E-state index in [1.54, 1.807) is 18.7 Å². The van der Waals surface area contributed by atoms with Crippen molar-refractivity contribution >= 4 is 39.8 Å². The van der Waals surface area contributed by atoms with Crippen LogP contribution in [0.25, 0.3) is 5.69 Å². The van der Waals surface area contributed by atoms with E-state index in [1.807, 2.05) is 30.3 Å². The van der Waals surface area contributed by atoms with Gasteiger partial charge in [0.25, 0.3) is 10.0 Å². The number of rotatable bonds is 5. The lowest BCUT2D eigenvalue weighted by Gasteiger charge is -2.36. The third-order valence-corrected chi connectivity index (χ3v) is 7.73. The zero-order valence-electron chi connectivity index (χ0n) is 17.8. The van der Waals surface area contributed by atoms with Crippen LogP contribution in [0.3, 0.4) is 0 Å². The molecule has 7 nitrogen and oxygen atoms in total. The number of carbonyl (C=O) groups excluding carboxylic acids is 2. The Morgan fingerprint density at radius 3 is 2.40 bits per heavy atom. The van der Waals surface area contributed by atoms with Gasteiger partial charge in [-0.05, 0) is 45.7 Å². The predicted molar refractivity (Wildman–Crippen MR) is 124 cm³/mol. The SMILES string of the molecule is Cc1c(NC(=O)CSC(=O)SN2C(C)CCCC2C)c(=O)n(-c2ccccc2)n1C. The molecule has 0 aliphatic carbocycles. The summed E-state index contributed by atoms with van der Waals surface area (Å²) in [5.74, 6) is -0.388. The highest BCUT2D eigenvalue weighted by Gasteiger charge is 2.28. The highest BCUT2D eigenvalue weighted by Crippen LogP contribution is 2.32. The molecule has 1 aromatic heterocycles. The number of anilines is 1. The molecule has 2 unspecified atom stereocenters. The monoisotopic (exact) mass is 448 g/mol. The number of hydrogen-bond donors (Lipinski definition) is 1. The van der Waals surface area contributed by atoms with Crippen LogP contribution in [0.1, 0.15) is 38.8 Å². The van der Waals surface area contributed by atoms with E-state index in [-0.39, 0.29) is 27.4 Å². The molecule has 0 spiro atoms. The number of thioether (sulfide) groups is 1. The Morgan fingerprint density at radius 2 is 1.77 bits per heavy atom. The van der Waals surface area contributed by atoms with Crippen LogP contribution >= 0.6 is 23.7 Å². The van der Waals surface area contributed by atoms with Crippen LogP contribution in [0.2, 0.25) is 0 Å². The Labute approximate surface area is 185 Å². The maximum absolute atomic E-state index is 12.9. The van der Waals surface area contributed by atoms with Gasteiger partial charge in [-0.3, -0.25) is 19.1 Å². The first-order valence-corrected chi connectivity index (χ1v) is 11.8. The standard InChI is InChI=1S/C21H28N4O3S2/c1-14-9-8-10-15(2)25(14)30-21(28)29-13-18(26)22-19-16(3)23(4)24(20(19)27)17-11-6-5-7-12-17/h5-7,11-12,14-15H,8-10,13H2,1-4H3,(H,22,26). The molecule has 1 fully saturated rings. The van der Waals surface area contributed by atoms with Crippen molar-refractivity contribution in [2.75, 3.05) is 11.1 Å². The number of carbonyl (C=O) groups is 2. The topological polar surface area (TPSA) is 76.3 Å². The van der Waals surface area contributed by atoms with E-state index >= 15 is 0 Å². The van der Waals surface area contributed by atoms with Crippen LogP contribution in [0, 0.1) is 6.92 Å². The smallest absolute Gasteiger partial charge is 0.295 e. The summed E-state index contributed by atoms with van der Waals surface area (Å²) in [4.78, 5) is 37.7. The summed E-state index contributed by atoms with van der Waals surface area (Å²) in [7, 11) is 1.77. The number of benzene rings is 1. The van der Waals surface area contributed by atoms with Gasteiger partial charge in [0.1, 0.15) is 5.69 Å². The number of piperidine rings is 1. The quantitative estimate of drug-likeness (QED) is 0.692. The van der Waals surface area contributed by atoms with Gasteiger partial charge >= 0.3 is 0 Å². The number of aromatic nitrogens is 2. The van der Waals surface area contributed by atoms with Crippen molar-refractivity contribution in [1.82, 2.24) is 13.7 Å². The number of nitrogens with zero attached hydrogens (tertiary/aromatic N) is 3. The van der Waals surface area contributed by atoms with Crippen LogP contribution in [-0.2, 0) is 11.8 Å². The Balaban J connectivity index is 1.61. The van der Waals surface area contributed by atoms with Crippen LogP contribution < -0.4 is 10.9 Å². The lowest BCUT2D eigenvalue weighted by atomic mass is 10.0. The molecule has 1 aliphatic heterocycles. The van der Waals surface area contributed by atoms with Gasteiger partial charge in [0, 0.05) is 31.1 Å². The van der Waals surface area contributed by atoms with E-state index < -0.39 is 0 Å². The summed E-state index contributed by atoms with van der Waals surface area (Å²) in [6.07, 6.45) is 3.34. The summed E-state index contributed by atoms with van der Waals surface area (Å²) in [5, 5.41) is 2.70. The first-order valence-electron chi connectivity index (χ1n) is 10.1. The maximum atomic E-state index is 12.9. The Morgan fingerprint density at radius 1 is 1.13 bits per heavy atom. The molecule has 2 aromatic rings. The summed E-state index contributed by atoms with van der Waals surface area (Å²) in [5.41, 5.74) is 1.32. The fourth-order valence-electron chi connectivity index (χ4n) is 3.70. The first-order chi connectivity index (χ1) is 14.3. The molecule has 0 bridgehead atoms. The lowest BCUT2D eigenvalue weighted by molar-refractivity contribution is -0.113. The molecule has 1 N–H and O–H groups in total. The molecule has 9 heteroatoms. The van der Waals surface area contributed by atoms with Crippen molar-refractivity contribution in [2.24, 2.45) is 7.05 Å². The zero-order valence-corrected chi connectivity index (χ0v) is 19.4. The molecule has 3 rings (SSSR count). The first kappa shape index (κ1) is 22.7. The molecule has 0 saturated carbocycles. The van der Waals surface area contributed by atoms with Gasteiger partial charge in [-0.2, -0.15) is 0 Å². The van der Waals surface area contributed by atoms with E-state index in [4.69, 9.17) is 0 Å².